The second kappa shape index (κ2) is 8.30. The van der Waals surface area contributed by atoms with Gasteiger partial charge in [-0.2, -0.15) is 0 Å². The molecule has 2 aromatic carbocycles. The molecule has 7 heteroatoms. The number of nitrogens with one attached hydrogen (secondary N) is 2. The Hall–Kier alpha value is -3.74. The molecule has 6 nitrogen and oxygen atoms in total. The van der Waals surface area contributed by atoms with Crippen molar-refractivity contribution in [1.29, 1.82) is 0 Å². The largest absolute Gasteiger partial charge is 0.326 e. The maximum absolute atomic E-state index is 13.0. The number of rotatable bonds is 5. The fraction of sp³-hybridized carbons (Fsp3) is 0.0952. The zero-order valence-electron chi connectivity index (χ0n) is 15.1. The van der Waals surface area contributed by atoms with Gasteiger partial charge in [0.15, 0.2) is 0 Å². The zero-order chi connectivity index (χ0) is 20.1. The summed E-state index contributed by atoms with van der Waals surface area (Å²) in [6, 6.07) is 15.3. The maximum atomic E-state index is 13.0. The lowest BCUT2D eigenvalue weighted by atomic mass is 10.2. The summed E-state index contributed by atoms with van der Waals surface area (Å²) in [4.78, 5) is 35.6. The van der Waals surface area contributed by atoms with Crippen LogP contribution in [0.25, 0.3) is 0 Å². The van der Waals surface area contributed by atoms with Crippen molar-refractivity contribution in [2.45, 2.75) is 13.5 Å². The van der Waals surface area contributed by atoms with Crippen LogP contribution >= 0.6 is 0 Å². The standard InChI is InChI=1S/C21H18FN3O3/c1-14(26)23-18-7-9-19(10-8-18)24-21(28)16-4-11-20(27)25(13-16)12-15-2-5-17(22)6-3-15/h2-11,13H,12H2,1H3,(H,23,26)(H,24,28). The Labute approximate surface area is 160 Å². The fourth-order valence-corrected chi connectivity index (χ4v) is 2.62. The van der Waals surface area contributed by atoms with Gasteiger partial charge in [0.05, 0.1) is 12.1 Å². The topological polar surface area (TPSA) is 80.2 Å². The molecule has 2 amide bonds. The van der Waals surface area contributed by atoms with Crippen molar-refractivity contribution in [3.05, 3.63) is 94.2 Å². The third kappa shape index (κ3) is 4.91. The lowest BCUT2D eigenvalue weighted by molar-refractivity contribution is -0.114. The maximum Gasteiger partial charge on any atom is 0.257 e. The van der Waals surface area contributed by atoms with Gasteiger partial charge in [-0.05, 0) is 48.0 Å². The molecule has 0 aliphatic carbocycles. The molecule has 0 spiro atoms. The summed E-state index contributed by atoms with van der Waals surface area (Å²) in [6.45, 7) is 1.64. The van der Waals surface area contributed by atoms with Crippen LogP contribution in [-0.2, 0) is 11.3 Å². The SMILES string of the molecule is CC(=O)Nc1ccc(NC(=O)c2ccc(=O)n(Cc3ccc(F)cc3)c2)cc1. The summed E-state index contributed by atoms with van der Waals surface area (Å²) in [6.07, 6.45) is 1.46. The predicted molar refractivity (Wildman–Crippen MR) is 105 cm³/mol. The summed E-state index contributed by atoms with van der Waals surface area (Å²) in [5.41, 5.74) is 1.97. The molecule has 2 N–H and O–H groups in total. The van der Waals surface area contributed by atoms with Crippen molar-refractivity contribution in [2.75, 3.05) is 10.6 Å². The number of carbonyl (C=O) groups excluding carboxylic acids is 2. The molecule has 0 fully saturated rings. The van der Waals surface area contributed by atoms with Crippen molar-refractivity contribution in [3.8, 4) is 0 Å². The number of aromatic nitrogens is 1. The van der Waals surface area contributed by atoms with E-state index in [0.29, 0.717) is 16.9 Å². The van der Waals surface area contributed by atoms with E-state index in [9.17, 15) is 18.8 Å². The first-order chi connectivity index (χ1) is 13.4. The average Bonchev–Trinajstić information content (AvgIpc) is 2.66. The quantitative estimate of drug-likeness (QED) is 0.714. The summed E-state index contributed by atoms with van der Waals surface area (Å²) in [5, 5.41) is 5.38. The van der Waals surface area contributed by atoms with E-state index in [1.807, 2.05) is 0 Å². The Morgan fingerprint density at radius 2 is 1.50 bits per heavy atom. The Morgan fingerprint density at radius 3 is 2.11 bits per heavy atom. The van der Waals surface area contributed by atoms with E-state index in [2.05, 4.69) is 10.6 Å². The van der Waals surface area contributed by atoms with E-state index in [-0.39, 0.29) is 29.7 Å². The molecular weight excluding hydrogens is 361 g/mol. The van der Waals surface area contributed by atoms with Crippen LogP contribution in [0, 0.1) is 5.82 Å². The van der Waals surface area contributed by atoms with E-state index in [1.165, 1.54) is 42.0 Å². The van der Waals surface area contributed by atoms with Crippen molar-refractivity contribution < 1.29 is 14.0 Å². The number of anilines is 2. The zero-order valence-corrected chi connectivity index (χ0v) is 15.1. The lowest BCUT2D eigenvalue weighted by Gasteiger charge is -2.10. The van der Waals surface area contributed by atoms with Crippen LogP contribution < -0.4 is 16.2 Å². The van der Waals surface area contributed by atoms with Gasteiger partial charge in [-0.3, -0.25) is 14.4 Å². The van der Waals surface area contributed by atoms with Gasteiger partial charge in [0.2, 0.25) is 5.91 Å². The average molecular weight is 379 g/mol. The minimum absolute atomic E-state index is 0.180. The number of benzene rings is 2. The molecule has 0 aliphatic heterocycles. The van der Waals surface area contributed by atoms with Crippen molar-refractivity contribution in [2.24, 2.45) is 0 Å². The summed E-state index contributed by atoms with van der Waals surface area (Å²) < 4.78 is 14.4. The Bertz CT molecular complexity index is 1060. The van der Waals surface area contributed by atoms with Gasteiger partial charge in [0.25, 0.3) is 11.5 Å². The Morgan fingerprint density at radius 1 is 0.893 bits per heavy atom. The molecule has 28 heavy (non-hydrogen) atoms. The Balaban J connectivity index is 1.74. The number of halogens is 1. The van der Waals surface area contributed by atoms with Gasteiger partial charge < -0.3 is 15.2 Å². The van der Waals surface area contributed by atoms with Crippen molar-refractivity contribution >= 4 is 23.2 Å². The number of pyridine rings is 1. The van der Waals surface area contributed by atoms with E-state index >= 15 is 0 Å². The molecule has 1 heterocycles. The molecule has 0 aliphatic rings. The van der Waals surface area contributed by atoms with Crippen molar-refractivity contribution in [1.82, 2.24) is 4.57 Å². The van der Waals surface area contributed by atoms with Gasteiger partial charge in [-0.25, -0.2) is 4.39 Å². The number of nitrogens with zero attached hydrogens (tertiary/aromatic N) is 1. The molecule has 0 atom stereocenters. The van der Waals surface area contributed by atoms with E-state index in [4.69, 9.17) is 0 Å². The Kier molecular flexibility index (Phi) is 5.64. The summed E-state index contributed by atoms with van der Waals surface area (Å²) in [5.74, 6) is -0.908. The first-order valence-corrected chi connectivity index (χ1v) is 8.55. The third-order valence-electron chi connectivity index (χ3n) is 3.97. The summed E-state index contributed by atoms with van der Waals surface area (Å²) in [7, 11) is 0. The van der Waals surface area contributed by atoms with E-state index in [1.54, 1.807) is 36.4 Å². The highest BCUT2D eigenvalue weighted by atomic mass is 19.1. The summed E-state index contributed by atoms with van der Waals surface area (Å²) >= 11 is 0. The van der Waals surface area contributed by atoms with Gasteiger partial charge in [-0.1, -0.05) is 12.1 Å². The highest BCUT2D eigenvalue weighted by Gasteiger charge is 2.09. The second-order valence-electron chi connectivity index (χ2n) is 6.22. The molecule has 0 radical (unpaired) electrons. The number of carbonyl (C=O) groups is 2. The first-order valence-electron chi connectivity index (χ1n) is 8.55. The van der Waals surface area contributed by atoms with Gasteiger partial charge in [-0.15, -0.1) is 0 Å². The van der Waals surface area contributed by atoms with E-state index < -0.39 is 0 Å². The monoisotopic (exact) mass is 379 g/mol. The minimum atomic E-state index is -0.375. The molecular formula is C21H18FN3O3. The van der Waals surface area contributed by atoms with Gasteiger partial charge in [0, 0.05) is 30.6 Å². The smallest absolute Gasteiger partial charge is 0.257 e. The normalized spacial score (nSPS) is 10.4. The van der Waals surface area contributed by atoms with Crippen LogP contribution in [0.2, 0.25) is 0 Å². The highest BCUT2D eigenvalue weighted by Crippen LogP contribution is 2.14. The van der Waals surface area contributed by atoms with Gasteiger partial charge in [0.1, 0.15) is 5.82 Å². The molecule has 142 valence electrons. The second-order valence-corrected chi connectivity index (χ2v) is 6.22. The minimum Gasteiger partial charge on any atom is -0.326 e. The van der Waals surface area contributed by atoms with Crippen LogP contribution in [0.5, 0.6) is 0 Å². The van der Waals surface area contributed by atoms with Crippen molar-refractivity contribution in [3.63, 3.8) is 0 Å². The van der Waals surface area contributed by atoms with E-state index in [0.717, 1.165) is 5.56 Å². The first kappa shape index (κ1) is 19.0. The third-order valence-corrected chi connectivity index (χ3v) is 3.97. The van der Waals surface area contributed by atoms with Gasteiger partial charge >= 0.3 is 0 Å². The molecule has 1 aromatic heterocycles. The van der Waals surface area contributed by atoms with Crippen LogP contribution in [-0.4, -0.2) is 16.4 Å². The number of amides is 2. The molecule has 3 rings (SSSR count). The highest BCUT2D eigenvalue weighted by molar-refractivity contribution is 6.04. The number of hydrogen-bond acceptors (Lipinski definition) is 3. The van der Waals surface area contributed by atoms with Crippen LogP contribution in [0.1, 0.15) is 22.8 Å². The van der Waals surface area contributed by atoms with Crippen LogP contribution in [0.4, 0.5) is 15.8 Å². The van der Waals surface area contributed by atoms with Crippen LogP contribution in [0.3, 0.4) is 0 Å². The molecule has 0 saturated carbocycles. The molecule has 0 saturated heterocycles. The lowest BCUT2D eigenvalue weighted by Crippen LogP contribution is -2.22. The molecule has 0 unspecified atom stereocenters. The number of hydrogen-bond donors (Lipinski definition) is 2. The molecule has 3 aromatic rings. The molecule has 0 bridgehead atoms. The van der Waals surface area contributed by atoms with Crippen LogP contribution in [0.15, 0.2) is 71.7 Å². The fourth-order valence-electron chi connectivity index (χ4n) is 2.62. The predicted octanol–water partition coefficient (Wildman–Crippen LogP) is 3.25.